The van der Waals surface area contributed by atoms with Crippen molar-refractivity contribution in [2.75, 3.05) is 32.8 Å². The molecule has 2 amide bonds. The van der Waals surface area contributed by atoms with Crippen LogP contribution in [-0.2, 0) is 6.42 Å². The minimum absolute atomic E-state index is 0.0568. The van der Waals surface area contributed by atoms with E-state index in [1.807, 2.05) is 23.1 Å². The first-order valence-corrected chi connectivity index (χ1v) is 11.4. The third-order valence-corrected chi connectivity index (χ3v) is 7.08. The van der Waals surface area contributed by atoms with Crippen molar-refractivity contribution in [2.24, 2.45) is 5.92 Å². The monoisotopic (exact) mass is 433 g/mol. The Morgan fingerprint density at radius 1 is 1.16 bits per heavy atom. The van der Waals surface area contributed by atoms with E-state index in [0.717, 1.165) is 50.0 Å². The molecule has 4 heterocycles. The second-order valence-corrected chi connectivity index (χ2v) is 8.94. The number of hydrogen-bond acceptors (Lipinski definition) is 3. The van der Waals surface area contributed by atoms with Gasteiger partial charge in [0.15, 0.2) is 0 Å². The van der Waals surface area contributed by atoms with Crippen LogP contribution in [0.4, 0.5) is 9.18 Å². The highest BCUT2D eigenvalue weighted by atomic mass is 19.1. The minimum Gasteiger partial charge on any atom is -0.481 e. The lowest BCUT2D eigenvalue weighted by Gasteiger charge is -2.46. The predicted octanol–water partition coefficient (Wildman–Crippen LogP) is 3.59. The number of fused-ring (bicyclic) bond motifs is 4. The smallest absolute Gasteiger partial charge is 0.318 e. The van der Waals surface area contributed by atoms with Crippen molar-refractivity contribution in [2.45, 2.75) is 31.3 Å². The molecule has 6 heteroatoms. The Morgan fingerprint density at radius 3 is 2.62 bits per heavy atom. The molecule has 1 N–H and O–H groups in total. The lowest BCUT2D eigenvalue weighted by atomic mass is 9.84. The van der Waals surface area contributed by atoms with Crippen molar-refractivity contribution < 1.29 is 13.9 Å². The Morgan fingerprint density at radius 2 is 1.94 bits per heavy atom. The van der Waals surface area contributed by atoms with Crippen LogP contribution in [0.1, 0.15) is 35.6 Å². The van der Waals surface area contributed by atoms with Gasteiger partial charge >= 0.3 is 6.03 Å². The fourth-order valence-corrected chi connectivity index (χ4v) is 5.40. The zero-order valence-electron chi connectivity index (χ0n) is 18.1. The SMILES string of the molecule is C#CCOc1ccc2c(c1)[C@H](c1ccc(F)cc1)N(C(=O)N[C@@H]1CN3CCC1CC3)CC2. The van der Waals surface area contributed by atoms with E-state index in [-0.39, 0.29) is 30.5 Å². The maximum atomic E-state index is 13.7. The molecule has 5 nitrogen and oxygen atoms in total. The number of ether oxygens (including phenoxy) is 1. The third-order valence-electron chi connectivity index (χ3n) is 7.08. The van der Waals surface area contributed by atoms with Gasteiger partial charge in [-0.15, -0.1) is 6.42 Å². The van der Waals surface area contributed by atoms with E-state index in [2.05, 4.69) is 16.1 Å². The molecule has 2 bridgehead atoms. The van der Waals surface area contributed by atoms with Gasteiger partial charge in [-0.3, -0.25) is 0 Å². The molecule has 0 unspecified atom stereocenters. The van der Waals surface area contributed by atoms with Crippen LogP contribution in [0.3, 0.4) is 0 Å². The van der Waals surface area contributed by atoms with E-state index >= 15 is 0 Å². The molecule has 2 atom stereocenters. The number of nitrogens with one attached hydrogen (secondary N) is 1. The van der Waals surface area contributed by atoms with Crippen LogP contribution in [0.5, 0.6) is 5.75 Å². The third kappa shape index (κ3) is 4.05. The number of rotatable bonds is 4. The van der Waals surface area contributed by atoms with Crippen molar-refractivity contribution in [3.05, 3.63) is 65.0 Å². The largest absolute Gasteiger partial charge is 0.481 e. The quantitative estimate of drug-likeness (QED) is 0.750. The molecule has 4 aliphatic heterocycles. The van der Waals surface area contributed by atoms with Crippen molar-refractivity contribution in [3.8, 4) is 18.1 Å². The van der Waals surface area contributed by atoms with E-state index < -0.39 is 0 Å². The van der Waals surface area contributed by atoms with Gasteiger partial charge in [-0.1, -0.05) is 24.1 Å². The van der Waals surface area contributed by atoms with Crippen LogP contribution < -0.4 is 10.1 Å². The van der Waals surface area contributed by atoms with Crippen LogP contribution in [0.25, 0.3) is 0 Å². The molecule has 2 aromatic carbocycles. The van der Waals surface area contributed by atoms with Gasteiger partial charge < -0.3 is 19.9 Å². The molecule has 166 valence electrons. The molecule has 0 aromatic heterocycles. The summed E-state index contributed by atoms with van der Waals surface area (Å²) in [5.41, 5.74) is 3.05. The van der Waals surface area contributed by atoms with Gasteiger partial charge in [-0.05, 0) is 79.2 Å². The number of carbonyl (C=O) groups is 1. The predicted molar refractivity (Wildman–Crippen MR) is 121 cm³/mol. The zero-order valence-corrected chi connectivity index (χ0v) is 18.1. The van der Waals surface area contributed by atoms with Gasteiger partial charge in [-0.25, -0.2) is 9.18 Å². The summed E-state index contributed by atoms with van der Waals surface area (Å²) >= 11 is 0. The van der Waals surface area contributed by atoms with Gasteiger partial charge in [0.1, 0.15) is 18.2 Å². The number of piperidine rings is 3. The Balaban J connectivity index is 1.45. The van der Waals surface area contributed by atoms with Crippen LogP contribution in [-0.4, -0.2) is 54.7 Å². The van der Waals surface area contributed by atoms with Gasteiger partial charge in [-0.2, -0.15) is 0 Å². The summed E-state index contributed by atoms with van der Waals surface area (Å²) < 4.78 is 19.3. The second kappa shape index (κ2) is 8.84. The Bertz CT molecular complexity index is 1020. The summed E-state index contributed by atoms with van der Waals surface area (Å²) in [5, 5.41) is 3.32. The molecule has 4 aliphatic rings. The Kier molecular flexibility index (Phi) is 5.75. The Labute approximate surface area is 188 Å². The van der Waals surface area contributed by atoms with Crippen LogP contribution in [0, 0.1) is 24.1 Å². The first-order valence-electron chi connectivity index (χ1n) is 11.4. The summed E-state index contributed by atoms with van der Waals surface area (Å²) in [4.78, 5) is 17.8. The fourth-order valence-electron chi connectivity index (χ4n) is 5.40. The van der Waals surface area contributed by atoms with E-state index in [1.54, 1.807) is 12.1 Å². The van der Waals surface area contributed by atoms with Gasteiger partial charge in [0.2, 0.25) is 0 Å². The number of benzene rings is 2. The molecule has 0 radical (unpaired) electrons. The number of hydrogen-bond donors (Lipinski definition) is 1. The van der Waals surface area contributed by atoms with E-state index in [9.17, 15) is 9.18 Å². The van der Waals surface area contributed by atoms with E-state index in [1.165, 1.54) is 17.7 Å². The standard InChI is InChI=1S/C26H28FN3O2/c1-2-15-32-22-8-5-18-11-14-30(25(23(18)16-22)20-3-6-21(27)7-4-20)26(31)28-24-17-29-12-9-19(24)10-13-29/h1,3-8,16,19,24-25H,9-15,17H2,(H,28,31)/t24-,25+/m1/s1. The van der Waals surface area contributed by atoms with E-state index in [4.69, 9.17) is 11.2 Å². The molecule has 3 fully saturated rings. The summed E-state index contributed by atoms with van der Waals surface area (Å²) in [5.74, 6) is 3.42. The summed E-state index contributed by atoms with van der Waals surface area (Å²) in [6, 6.07) is 12.2. The van der Waals surface area contributed by atoms with Gasteiger partial charge in [0.05, 0.1) is 6.04 Å². The highest BCUT2D eigenvalue weighted by Crippen LogP contribution is 2.38. The summed E-state index contributed by atoms with van der Waals surface area (Å²) in [6.07, 6.45) is 8.40. The molecular formula is C26H28FN3O2. The first kappa shape index (κ1) is 20.8. The van der Waals surface area contributed by atoms with Crippen LogP contribution >= 0.6 is 0 Å². The first-order chi connectivity index (χ1) is 15.6. The lowest BCUT2D eigenvalue weighted by molar-refractivity contribution is 0.0715. The van der Waals surface area contributed by atoms with E-state index in [0.29, 0.717) is 18.2 Å². The average Bonchev–Trinajstić information content (AvgIpc) is 2.83. The second-order valence-electron chi connectivity index (χ2n) is 8.94. The lowest BCUT2D eigenvalue weighted by Crippen LogP contribution is -2.59. The maximum Gasteiger partial charge on any atom is 0.318 e. The molecule has 32 heavy (non-hydrogen) atoms. The number of halogens is 1. The van der Waals surface area contributed by atoms with Gasteiger partial charge in [0.25, 0.3) is 0 Å². The van der Waals surface area contributed by atoms with Crippen molar-refractivity contribution in [1.29, 1.82) is 0 Å². The number of nitrogens with zero attached hydrogens (tertiary/aromatic N) is 2. The number of terminal acetylenes is 1. The molecule has 6 rings (SSSR count). The van der Waals surface area contributed by atoms with Crippen molar-refractivity contribution >= 4 is 6.03 Å². The summed E-state index contributed by atoms with van der Waals surface area (Å²) in [6.45, 7) is 3.97. The van der Waals surface area contributed by atoms with Crippen molar-refractivity contribution in [1.82, 2.24) is 15.1 Å². The number of carbonyl (C=O) groups excluding carboxylic acids is 1. The minimum atomic E-state index is -0.310. The normalized spacial score (nSPS) is 26.2. The molecular weight excluding hydrogens is 405 g/mol. The summed E-state index contributed by atoms with van der Waals surface area (Å²) in [7, 11) is 0. The average molecular weight is 434 g/mol. The van der Waals surface area contributed by atoms with Crippen molar-refractivity contribution in [3.63, 3.8) is 0 Å². The number of amides is 2. The van der Waals surface area contributed by atoms with Crippen LogP contribution in [0.15, 0.2) is 42.5 Å². The molecule has 0 aliphatic carbocycles. The fraction of sp³-hybridized carbons (Fsp3) is 0.423. The topological polar surface area (TPSA) is 44.8 Å². The Hall–Kier alpha value is -3.04. The number of urea groups is 1. The highest BCUT2D eigenvalue weighted by molar-refractivity contribution is 5.76. The molecule has 3 saturated heterocycles. The van der Waals surface area contributed by atoms with Gasteiger partial charge in [0, 0.05) is 19.1 Å². The van der Waals surface area contributed by atoms with Crippen LogP contribution in [0.2, 0.25) is 0 Å². The molecule has 0 spiro atoms. The molecule has 0 saturated carbocycles. The highest BCUT2D eigenvalue weighted by Gasteiger charge is 2.38. The zero-order chi connectivity index (χ0) is 22.1. The molecule has 2 aromatic rings. The maximum absolute atomic E-state index is 13.7.